The average Bonchev–Trinajstić information content (AvgIpc) is 3.23. The summed E-state index contributed by atoms with van der Waals surface area (Å²) in [6.45, 7) is 5.89. The van der Waals surface area contributed by atoms with E-state index < -0.39 is 0 Å². The minimum absolute atomic E-state index is 0.283. The van der Waals surface area contributed by atoms with Crippen molar-refractivity contribution < 1.29 is 9.53 Å². The number of thiazole rings is 1. The number of nitrogens with zero attached hydrogens (tertiary/aromatic N) is 3. The number of rotatable bonds is 9. The number of aromatic nitrogens is 1. The summed E-state index contributed by atoms with van der Waals surface area (Å²) in [5.41, 5.74) is 2.36. The predicted octanol–water partition coefficient (Wildman–Crippen LogP) is 5.06. The molecule has 1 fully saturated rings. The summed E-state index contributed by atoms with van der Waals surface area (Å²) < 4.78 is 6.74. The van der Waals surface area contributed by atoms with Crippen LogP contribution in [0.15, 0.2) is 48.5 Å². The lowest BCUT2D eigenvalue weighted by molar-refractivity contribution is -0.131. The van der Waals surface area contributed by atoms with Gasteiger partial charge in [0.2, 0.25) is 5.91 Å². The highest BCUT2D eigenvalue weighted by Crippen LogP contribution is 2.32. The van der Waals surface area contributed by atoms with Crippen LogP contribution in [0.25, 0.3) is 10.2 Å². The van der Waals surface area contributed by atoms with Crippen molar-refractivity contribution in [2.24, 2.45) is 0 Å². The number of piperazine rings is 1. The molecule has 0 unspecified atom stereocenters. The van der Waals surface area contributed by atoms with E-state index in [1.54, 1.807) is 11.3 Å². The number of benzene rings is 2. The van der Waals surface area contributed by atoms with E-state index in [1.807, 2.05) is 41.8 Å². The van der Waals surface area contributed by atoms with E-state index >= 15 is 0 Å². The fourth-order valence-corrected chi connectivity index (χ4v) is 5.65. The van der Waals surface area contributed by atoms with Crippen molar-refractivity contribution >= 4 is 44.4 Å². The molecule has 1 aliphatic heterocycles. The van der Waals surface area contributed by atoms with E-state index in [2.05, 4.69) is 35.2 Å². The molecule has 0 aliphatic carbocycles. The van der Waals surface area contributed by atoms with Crippen LogP contribution in [-0.2, 0) is 10.5 Å². The molecule has 0 saturated carbocycles. The zero-order chi connectivity index (χ0) is 21.5. The highest BCUT2D eigenvalue weighted by molar-refractivity contribution is 7.98. The van der Waals surface area contributed by atoms with Gasteiger partial charge >= 0.3 is 0 Å². The van der Waals surface area contributed by atoms with Crippen LogP contribution in [0.3, 0.4) is 0 Å². The highest BCUT2D eigenvalue weighted by atomic mass is 32.2. The maximum Gasteiger partial charge on any atom is 0.222 e. The van der Waals surface area contributed by atoms with Gasteiger partial charge in [-0.05, 0) is 42.9 Å². The third-order valence-electron chi connectivity index (χ3n) is 5.35. The van der Waals surface area contributed by atoms with Gasteiger partial charge in [0.15, 0.2) is 5.13 Å². The summed E-state index contributed by atoms with van der Waals surface area (Å²) in [5, 5.41) is 1.04. The molecule has 1 saturated heterocycles. The molecule has 0 N–H and O–H groups in total. The van der Waals surface area contributed by atoms with Crippen LogP contribution in [0.1, 0.15) is 25.3 Å². The first kappa shape index (κ1) is 22.0. The molecule has 2 aromatic carbocycles. The van der Waals surface area contributed by atoms with Crippen molar-refractivity contribution in [3.63, 3.8) is 0 Å². The molecule has 31 heavy (non-hydrogen) atoms. The van der Waals surface area contributed by atoms with E-state index in [-0.39, 0.29) is 5.91 Å². The Morgan fingerprint density at radius 2 is 1.94 bits per heavy atom. The topological polar surface area (TPSA) is 45.7 Å². The summed E-state index contributed by atoms with van der Waals surface area (Å²) in [6, 6.07) is 16.6. The summed E-state index contributed by atoms with van der Waals surface area (Å²) in [4.78, 5) is 21.7. The summed E-state index contributed by atoms with van der Waals surface area (Å²) in [6.07, 6.45) is 1.58. The van der Waals surface area contributed by atoms with Crippen LogP contribution in [0, 0.1) is 0 Å². The second-order valence-electron chi connectivity index (χ2n) is 7.57. The van der Waals surface area contributed by atoms with Crippen molar-refractivity contribution in [2.45, 2.75) is 25.5 Å². The fraction of sp³-hybridized carbons (Fsp3) is 0.417. The first-order valence-electron chi connectivity index (χ1n) is 10.9. The van der Waals surface area contributed by atoms with Crippen LogP contribution < -0.4 is 9.64 Å². The Hall–Kier alpha value is -2.25. The summed E-state index contributed by atoms with van der Waals surface area (Å²) in [5.74, 6) is 3.21. The van der Waals surface area contributed by atoms with Crippen molar-refractivity contribution in [1.82, 2.24) is 9.88 Å². The number of carbonyl (C=O) groups is 1. The lowest BCUT2D eigenvalue weighted by atomic mass is 10.2. The van der Waals surface area contributed by atoms with Gasteiger partial charge < -0.3 is 14.5 Å². The molecule has 164 valence electrons. The largest absolute Gasteiger partial charge is 0.494 e. The van der Waals surface area contributed by atoms with Crippen LogP contribution in [-0.4, -0.2) is 54.3 Å². The van der Waals surface area contributed by atoms with Gasteiger partial charge in [0, 0.05) is 38.4 Å². The molecular formula is C24H29N3O2S2. The standard InChI is InChI=1S/C24H29N3O2S2/c1-2-29-20-10-11-21-22(17-20)31-24(25-21)27-14-12-26(13-15-27)23(28)9-6-16-30-18-19-7-4-3-5-8-19/h3-5,7-8,10-11,17H,2,6,9,12-16,18H2,1H3. The first-order chi connectivity index (χ1) is 15.2. The van der Waals surface area contributed by atoms with Gasteiger partial charge in [-0.2, -0.15) is 11.8 Å². The third kappa shape index (κ3) is 5.92. The molecular weight excluding hydrogens is 426 g/mol. The monoisotopic (exact) mass is 455 g/mol. The molecule has 1 amide bonds. The molecule has 0 spiro atoms. The minimum Gasteiger partial charge on any atom is -0.494 e. The van der Waals surface area contributed by atoms with Crippen molar-refractivity contribution in [1.29, 1.82) is 0 Å². The van der Waals surface area contributed by atoms with Crippen LogP contribution in [0.5, 0.6) is 5.75 Å². The first-order valence-corrected chi connectivity index (χ1v) is 12.9. The molecule has 0 bridgehead atoms. The van der Waals surface area contributed by atoms with E-state index in [4.69, 9.17) is 9.72 Å². The molecule has 0 atom stereocenters. The van der Waals surface area contributed by atoms with E-state index in [9.17, 15) is 4.79 Å². The normalized spacial score (nSPS) is 14.2. The van der Waals surface area contributed by atoms with Crippen molar-refractivity contribution in [2.75, 3.05) is 43.4 Å². The Bertz CT molecular complexity index is 985. The van der Waals surface area contributed by atoms with Crippen molar-refractivity contribution in [3.05, 3.63) is 54.1 Å². The smallest absolute Gasteiger partial charge is 0.222 e. The molecule has 7 heteroatoms. The lowest BCUT2D eigenvalue weighted by Crippen LogP contribution is -2.48. The Balaban J connectivity index is 1.20. The van der Waals surface area contributed by atoms with Crippen LogP contribution >= 0.6 is 23.1 Å². The zero-order valence-electron chi connectivity index (χ0n) is 18.0. The van der Waals surface area contributed by atoms with E-state index in [0.29, 0.717) is 13.0 Å². The van der Waals surface area contributed by atoms with E-state index in [1.165, 1.54) is 5.56 Å². The van der Waals surface area contributed by atoms with Gasteiger partial charge in [0.1, 0.15) is 5.75 Å². The van der Waals surface area contributed by atoms with Crippen LogP contribution in [0.4, 0.5) is 5.13 Å². The SMILES string of the molecule is CCOc1ccc2nc(N3CCN(C(=O)CCCSCc4ccccc4)CC3)sc2c1. The third-order valence-corrected chi connectivity index (χ3v) is 7.55. The second-order valence-corrected chi connectivity index (χ2v) is 9.68. The number of carbonyl (C=O) groups excluding carboxylic acids is 1. The van der Waals surface area contributed by atoms with Gasteiger partial charge in [-0.3, -0.25) is 4.79 Å². The number of hydrogen-bond acceptors (Lipinski definition) is 6. The fourth-order valence-electron chi connectivity index (χ4n) is 3.68. The molecule has 2 heterocycles. The molecule has 4 rings (SSSR count). The number of fused-ring (bicyclic) bond motifs is 1. The number of hydrogen-bond donors (Lipinski definition) is 0. The number of thioether (sulfide) groups is 1. The molecule has 5 nitrogen and oxygen atoms in total. The molecule has 3 aromatic rings. The minimum atomic E-state index is 0.283. The maximum atomic E-state index is 12.6. The average molecular weight is 456 g/mol. The van der Waals surface area contributed by atoms with E-state index in [0.717, 1.165) is 65.2 Å². The number of amides is 1. The Morgan fingerprint density at radius 3 is 2.71 bits per heavy atom. The Morgan fingerprint density at radius 1 is 1.13 bits per heavy atom. The maximum absolute atomic E-state index is 12.6. The lowest BCUT2D eigenvalue weighted by Gasteiger charge is -2.34. The van der Waals surface area contributed by atoms with Gasteiger partial charge in [0.25, 0.3) is 0 Å². The zero-order valence-corrected chi connectivity index (χ0v) is 19.6. The summed E-state index contributed by atoms with van der Waals surface area (Å²) >= 11 is 3.60. The predicted molar refractivity (Wildman–Crippen MR) is 131 cm³/mol. The molecule has 1 aromatic heterocycles. The number of anilines is 1. The molecule has 0 radical (unpaired) electrons. The van der Waals surface area contributed by atoms with Gasteiger partial charge in [-0.15, -0.1) is 0 Å². The number of ether oxygens (including phenoxy) is 1. The van der Waals surface area contributed by atoms with Gasteiger partial charge in [-0.1, -0.05) is 41.7 Å². The summed E-state index contributed by atoms with van der Waals surface area (Å²) in [7, 11) is 0. The quantitative estimate of drug-likeness (QED) is 0.422. The van der Waals surface area contributed by atoms with Crippen molar-refractivity contribution in [3.8, 4) is 5.75 Å². The molecule has 1 aliphatic rings. The Labute approximate surface area is 192 Å². The highest BCUT2D eigenvalue weighted by Gasteiger charge is 2.22. The van der Waals surface area contributed by atoms with Crippen LogP contribution in [0.2, 0.25) is 0 Å². The Kier molecular flexibility index (Phi) is 7.70. The van der Waals surface area contributed by atoms with Gasteiger partial charge in [-0.25, -0.2) is 4.98 Å². The van der Waals surface area contributed by atoms with Gasteiger partial charge in [0.05, 0.1) is 16.8 Å². The second kappa shape index (κ2) is 10.9.